The normalized spacial score (nSPS) is 18.1. The molecule has 2 saturated heterocycles. The molecule has 2 fully saturated rings. The molecule has 2 amide bonds. The fourth-order valence-electron chi connectivity index (χ4n) is 3.63. The van der Waals surface area contributed by atoms with Crippen LogP contribution >= 0.6 is 0 Å². The van der Waals surface area contributed by atoms with Crippen molar-refractivity contribution in [2.45, 2.75) is 19.4 Å². The molecule has 0 saturated carbocycles. The Morgan fingerprint density at radius 2 is 1.74 bits per heavy atom. The van der Waals surface area contributed by atoms with Crippen molar-refractivity contribution in [3.63, 3.8) is 0 Å². The molecule has 4 rings (SSSR count). The molecule has 0 aromatic carbocycles. The highest BCUT2D eigenvalue weighted by Crippen LogP contribution is 2.13. The lowest BCUT2D eigenvalue weighted by atomic mass is 10.2. The van der Waals surface area contributed by atoms with Gasteiger partial charge in [0.05, 0.1) is 11.8 Å². The smallest absolute Gasteiger partial charge is 0.339 e. The molecule has 0 bridgehead atoms. The van der Waals surface area contributed by atoms with E-state index in [-0.39, 0.29) is 11.9 Å². The number of nitrogens with zero attached hydrogens (tertiary/aromatic N) is 6. The summed E-state index contributed by atoms with van der Waals surface area (Å²) in [6.07, 6.45) is 8.79. The maximum Gasteiger partial charge on any atom is 0.344 e. The van der Waals surface area contributed by atoms with Crippen LogP contribution in [0.3, 0.4) is 0 Å². The van der Waals surface area contributed by atoms with Gasteiger partial charge in [-0.15, -0.1) is 0 Å². The summed E-state index contributed by atoms with van der Waals surface area (Å²) in [6, 6.07) is 3.83. The molecule has 8 nitrogen and oxygen atoms in total. The van der Waals surface area contributed by atoms with Gasteiger partial charge in [-0.2, -0.15) is 9.78 Å². The predicted molar refractivity (Wildman–Crippen MR) is 99.2 cm³/mol. The van der Waals surface area contributed by atoms with Gasteiger partial charge in [-0.1, -0.05) is 6.07 Å². The van der Waals surface area contributed by atoms with Crippen LogP contribution < -0.4 is 0 Å². The zero-order chi connectivity index (χ0) is 18.6. The van der Waals surface area contributed by atoms with E-state index < -0.39 is 0 Å². The minimum atomic E-state index is -0.170. The number of amides is 2. The van der Waals surface area contributed by atoms with Crippen molar-refractivity contribution in [2.24, 2.45) is 0 Å². The Kier molecular flexibility index (Phi) is 5.15. The third kappa shape index (κ3) is 4.00. The van der Waals surface area contributed by atoms with Gasteiger partial charge in [0.15, 0.2) is 0 Å². The van der Waals surface area contributed by atoms with E-state index in [0.717, 1.165) is 45.6 Å². The highest BCUT2D eigenvalue weighted by atomic mass is 16.2. The Morgan fingerprint density at radius 3 is 2.44 bits per heavy atom. The molecule has 0 atom stereocenters. The molecule has 0 aliphatic carbocycles. The molecule has 2 aromatic rings. The summed E-state index contributed by atoms with van der Waals surface area (Å²) in [5.74, 6) is -0.0344. The van der Waals surface area contributed by atoms with Gasteiger partial charge in [-0.05, 0) is 24.5 Å². The van der Waals surface area contributed by atoms with Crippen LogP contribution in [-0.2, 0) is 6.54 Å². The van der Waals surface area contributed by atoms with E-state index >= 15 is 0 Å². The summed E-state index contributed by atoms with van der Waals surface area (Å²) in [6.45, 7) is 5.32. The standard InChI is InChI=1S/C19H24N6O2/c26-18(23-6-1-2-7-23)17-13-21-25(15-17)19(27)24-10-8-22(9-11-24)14-16-4-3-5-20-12-16/h3-5,12-13,15H,1-2,6-11,14H2. The maximum absolute atomic E-state index is 12.7. The molecule has 2 aliphatic heterocycles. The first-order chi connectivity index (χ1) is 13.2. The van der Waals surface area contributed by atoms with Crippen LogP contribution in [0.4, 0.5) is 4.79 Å². The van der Waals surface area contributed by atoms with E-state index in [9.17, 15) is 9.59 Å². The molecule has 4 heterocycles. The number of carbonyl (C=O) groups is 2. The van der Waals surface area contributed by atoms with Crippen molar-refractivity contribution in [1.82, 2.24) is 29.5 Å². The molecule has 2 aromatic heterocycles. The average Bonchev–Trinajstić information content (AvgIpc) is 3.41. The minimum Gasteiger partial charge on any atom is -0.339 e. The van der Waals surface area contributed by atoms with Crippen LogP contribution in [0.5, 0.6) is 0 Å². The lowest BCUT2D eigenvalue weighted by Gasteiger charge is -2.34. The minimum absolute atomic E-state index is 0.0344. The summed E-state index contributed by atoms with van der Waals surface area (Å²) in [5, 5.41) is 4.13. The van der Waals surface area contributed by atoms with Crippen LogP contribution in [0.1, 0.15) is 28.8 Å². The molecule has 0 unspecified atom stereocenters. The first-order valence-electron chi connectivity index (χ1n) is 9.45. The monoisotopic (exact) mass is 368 g/mol. The predicted octanol–water partition coefficient (Wildman–Crippen LogP) is 1.30. The molecule has 142 valence electrons. The van der Waals surface area contributed by atoms with Crippen molar-refractivity contribution < 1.29 is 9.59 Å². The van der Waals surface area contributed by atoms with Gasteiger partial charge < -0.3 is 9.80 Å². The summed E-state index contributed by atoms with van der Waals surface area (Å²) >= 11 is 0. The number of rotatable bonds is 3. The van der Waals surface area contributed by atoms with E-state index in [4.69, 9.17) is 0 Å². The van der Waals surface area contributed by atoms with Gasteiger partial charge >= 0.3 is 6.03 Å². The molecular formula is C19H24N6O2. The molecule has 0 N–H and O–H groups in total. The van der Waals surface area contributed by atoms with Crippen molar-refractivity contribution in [1.29, 1.82) is 0 Å². The first kappa shape index (κ1) is 17.7. The molecular weight excluding hydrogens is 344 g/mol. The van der Waals surface area contributed by atoms with Crippen LogP contribution in [0.15, 0.2) is 36.9 Å². The largest absolute Gasteiger partial charge is 0.344 e. The van der Waals surface area contributed by atoms with E-state index in [1.165, 1.54) is 16.4 Å². The lowest BCUT2D eigenvalue weighted by Crippen LogP contribution is -2.49. The van der Waals surface area contributed by atoms with E-state index in [1.54, 1.807) is 17.3 Å². The number of pyridine rings is 1. The second kappa shape index (κ2) is 7.87. The fourth-order valence-corrected chi connectivity index (χ4v) is 3.63. The molecule has 27 heavy (non-hydrogen) atoms. The second-order valence-corrected chi connectivity index (χ2v) is 7.08. The Morgan fingerprint density at radius 1 is 0.963 bits per heavy atom. The van der Waals surface area contributed by atoms with Crippen LogP contribution in [0, 0.1) is 0 Å². The number of likely N-dealkylation sites (tertiary alicyclic amines) is 1. The lowest BCUT2D eigenvalue weighted by molar-refractivity contribution is 0.0793. The zero-order valence-electron chi connectivity index (χ0n) is 15.3. The van der Waals surface area contributed by atoms with Gasteiger partial charge in [-0.25, -0.2) is 4.79 Å². The van der Waals surface area contributed by atoms with Crippen molar-refractivity contribution in [2.75, 3.05) is 39.3 Å². The Bertz CT molecular complexity index is 792. The van der Waals surface area contributed by atoms with Crippen molar-refractivity contribution >= 4 is 11.9 Å². The highest BCUT2D eigenvalue weighted by Gasteiger charge is 2.25. The van der Waals surface area contributed by atoms with Gasteiger partial charge in [0.1, 0.15) is 0 Å². The Hall–Kier alpha value is -2.74. The summed E-state index contributed by atoms with van der Waals surface area (Å²) in [7, 11) is 0. The van der Waals surface area contributed by atoms with Crippen LogP contribution in [0.25, 0.3) is 0 Å². The van der Waals surface area contributed by atoms with E-state index in [1.807, 2.05) is 17.2 Å². The van der Waals surface area contributed by atoms with Gasteiger partial charge in [-0.3, -0.25) is 14.7 Å². The summed E-state index contributed by atoms with van der Waals surface area (Å²) < 4.78 is 1.29. The third-order valence-electron chi connectivity index (χ3n) is 5.19. The third-order valence-corrected chi connectivity index (χ3v) is 5.19. The quantitative estimate of drug-likeness (QED) is 0.816. The van der Waals surface area contributed by atoms with E-state index in [2.05, 4.69) is 21.0 Å². The molecule has 0 radical (unpaired) electrons. The van der Waals surface area contributed by atoms with Gasteiger partial charge in [0, 0.05) is 64.4 Å². The molecule has 2 aliphatic rings. The van der Waals surface area contributed by atoms with E-state index in [0.29, 0.717) is 18.7 Å². The fraction of sp³-hybridized carbons (Fsp3) is 0.474. The van der Waals surface area contributed by atoms with Crippen molar-refractivity contribution in [3.8, 4) is 0 Å². The SMILES string of the molecule is O=C(c1cnn(C(=O)N2CCN(Cc3cccnc3)CC2)c1)N1CCCC1. The average molecular weight is 368 g/mol. The maximum atomic E-state index is 12.7. The molecule has 8 heteroatoms. The number of piperazine rings is 1. The number of aromatic nitrogens is 3. The highest BCUT2D eigenvalue weighted by molar-refractivity contribution is 5.94. The number of carbonyl (C=O) groups excluding carboxylic acids is 2. The topological polar surface area (TPSA) is 74.6 Å². The van der Waals surface area contributed by atoms with Gasteiger partial charge in [0.25, 0.3) is 5.91 Å². The zero-order valence-corrected chi connectivity index (χ0v) is 15.3. The molecule has 0 spiro atoms. The summed E-state index contributed by atoms with van der Waals surface area (Å²) in [4.78, 5) is 35.2. The Labute approximate surface area is 158 Å². The second-order valence-electron chi connectivity index (χ2n) is 7.08. The first-order valence-corrected chi connectivity index (χ1v) is 9.45. The Balaban J connectivity index is 1.32. The summed E-state index contributed by atoms with van der Waals surface area (Å²) in [5.41, 5.74) is 1.66. The number of hydrogen-bond acceptors (Lipinski definition) is 5. The van der Waals surface area contributed by atoms with Crippen LogP contribution in [-0.4, -0.2) is 80.7 Å². The van der Waals surface area contributed by atoms with Gasteiger partial charge in [0.2, 0.25) is 0 Å². The van der Waals surface area contributed by atoms with Crippen molar-refractivity contribution in [3.05, 3.63) is 48.0 Å². The number of hydrogen-bond donors (Lipinski definition) is 0. The van der Waals surface area contributed by atoms with Crippen LogP contribution in [0.2, 0.25) is 0 Å².